The van der Waals surface area contributed by atoms with Crippen molar-refractivity contribution >= 4 is 5.91 Å². The van der Waals surface area contributed by atoms with Crippen molar-refractivity contribution < 1.29 is 4.79 Å². The number of carbonyl (C=O) groups excluding carboxylic acids is 1. The van der Waals surface area contributed by atoms with Gasteiger partial charge in [0.1, 0.15) is 5.54 Å². The van der Waals surface area contributed by atoms with Crippen molar-refractivity contribution in [1.82, 2.24) is 4.90 Å². The first-order valence-electron chi connectivity index (χ1n) is 6.41. The van der Waals surface area contributed by atoms with E-state index in [0.717, 1.165) is 25.1 Å². The van der Waals surface area contributed by atoms with Crippen LogP contribution in [0.1, 0.15) is 25.8 Å². The van der Waals surface area contributed by atoms with Crippen LogP contribution in [-0.2, 0) is 10.3 Å². The summed E-state index contributed by atoms with van der Waals surface area (Å²) in [5.74, 6) is -0.483. The van der Waals surface area contributed by atoms with Crippen LogP contribution in [0.3, 0.4) is 0 Å². The number of hydrogen-bond acceptors (Lipinski definition) is 3. The number of primary amides is 1. The Labute approximate surface area is 109 Å². The SMILES string of the molecule is CCCN(CC)CC(N)(C(N)=O)c1ccccc1. The lowest BCUT2D eigenvalue weighted by molar-refractivity contribution is -0.124. The topological polar surface area (TPSA) is 72.3 Å². The fraction of sp³-hybridized carbons (Fsp3) is 0.500. The van der Waals surface area contributed by atoms with Crippen LogP contribution in [0.5, 0.6) is 0 Å². The molecule has 1 amide bonds. The van der Waals surface area contributed by atoms with E-state index in [1.165, 1.54) is 0 Å². The molecule has 1 rings (SSSR count). The predicted molar refractivity (Wildman–Crippen MR) is 73.9 cm³/mol. The molecule has 0 radical (unpaired) electrons. The lowest BCUT2D eigenvalue weighted by atomic mass is 9.89. The van der Waals surface area contributed by atoms with Crippen LogP contribution in [0.25, 0.3) is 0 Å². The lowest BCUT2D eigenvalue weighted by Gasteiger charge is -2.32. The number of likely N-dealkylation sites (N-methyl/N-ethyl adjacent to an activating group) is 1. The minimum atomic E-state index is -1.12. The summed E-state index contributed by atoms with van der Waals surface area (Å²) in [6, 6.07) is 9.34. The van der Waals surface area contributed by atoms with Crippen LogP contribution < -0.4 is 11.5 Å². The van der Waals surface area contributed by atoms with Crippen molar-refractivity contribution in [3.05, 3.63) is 35.9 Å². The second-order valence-electron chi connectivity index (χ2n) is 4.57. The van der Waals surface area contributed by atoms with Crippen LogP contribution in [0.15, 0.2) is 30.3 Å². The van der Waals surface area contributed by atoms with Gasteiger partial charge < -0.3 is 16.4 Å². The van der Waals surface area contributed by atoms with Gasteiger partial charge in [0.25, 0.3) is 0 Å². The van der Waals surface area contributed by atoms with Gasteiger partial charge in [-0.3, -0.25) is 4.79 Å². The van der Waals surface area contributed by atoms with E-state index >= 15 is 0 Å². The molecule has 0 aromatic heterocycles. The molecular weight excluding hydrogens is 226 g/mol. The largest absolute Gasteiger partial charge is 0.368 e. The molecule has 0 aliphatic rings. The average molecular weight is 249 g/mol. The zero-order valence-corrected chi connectivity index (χ0v) is 11.2. The summed E-state index contributed by atoms with van der Waals surface area (Å²) in [7, 11) is 0. The summed E-state index contributed by atoms with van der Waals surface area (Å²) in [6.45, 7) is 6.38. The number of nitrogens with zero attached hydrogens (tertiary/aromatic N) is 1. The zero-order chi connectivity index (χ0) is 13.6. The van der Waals surface area contributed by atoms with Crippen LogP contribution in [-0.4, -0.2) is 30.4 Å². The maximum Gasteiger partial charge on any atom is 0.243 e. The van der Waals surface area contributed by atoms with Crippen LogP contribution in [0.4, 0.5) is 0 Å². The van der Waals surface area contributed by atoms with Gasteiger partial charge in [-0.1, -0.05) is 44.2 Å². The van der Waals surface area contributed by atoms with E-state index in [-0.39, 0.29) is 0 Å². The van der Waals surface area contributed by atoms with Crippen LogP contribution in [0, 0.1) is 0 Å². The second kappa shape index (κ2) is 6.52. The van der Waals surface area contributed by atoms with Gasteiger partial charge in [0.05, 0.1) is 0 Å². The minimum absolute atomic E-state index is 0.455. The molecule has 0 saturated heterocycles. The molecule has 100 valence electrons. The Morgan fingerprint density at radius 3 is 2.33 bits per heavy atom. The fourth-order valence-corrected chi connectivity index (χ4v) is 2.06. The van der Waals surface area contributed by atoms with Gasteiger partial charge in [-0.25, -0.2) is 0 Å². The van der Waals surface area contributed by atoms with Crippen LogP contribution in [0.2, 0.25) is 0 Å². The quantitative estimate of drug-likeness (QED) is 0.759. The first kappa shape index (κ1) is 14.7. The fourth-order valence-electron chi connectivity index (χ4n) is 2.06. The zero-order valence-electron chi connectivity index (χ0n) is 11.2. The number of nitrogens with two attached hydrogens (primary N) is 2. The molecule has 1 aromatic rings. The Morgan fingerprint density at radius 1 is 1.28 bits per heavy atom. The van der Waals surface area contributed by atoms with Gasteiger partial charge in [-0.05, 0) is 25.1 Å². The number of hydrogen-bond donors (Lipinski definition) is 2. The molecular formula is C14H23N3O. The van der Waals surface area contributed by atoms with Crippen LogP contribution >= 0.6 is 0 Å². The van der Waals surface area contributed by atoms with E-state index in [1.54, 1.807) is 0 Å². The van der Waals surface area contributed by atoms with Gasteiger partial charge in [0.2, 0.25) is 5.91 Å². The molecule has 18 heavy (non-hydrogen) atoms. The molecule has 1 atom stereocenters. The molecule has 4 N–H and O–H groups in total. The molecule has 0 aliphatic carbocycles. The van der Waals surface area contributed by atoms with Gasteiger partial charge in [-0.15, -0.1) is 0 Å². The Bertz CT molecular complexity index is 380. The summed E-state index contributed by atoms with van der Waals surface area (Å²) >= 11 is 0. The maximum absolute atomic E-state index is 11.7. The Kier molecular flexibility index (Phi) is 5.31. The highest BCUT2D eigenvalue weighted by atomic mass is 16.1. The third kappa shape index (κ3) is 3.31. The average Bonchev–Trinajstić information content (AvgIpc) is 2.38. The van der Waals surface area contributed by atoms with E-state index in [2.05, 4.69) is 18.7 Å². The number of amides is 1. The third-order valence-corrected chi connectivity index (χ3v) is 3.19. The van der Waals surface area contributed by atoms with Gasteiger partial charge in [0.15, 0.2) is 0 Å². The smallest absolute Gasteiger partial charge is 0.243 e. The van der Waals surface area contributed by atoms with Crippen molar-refractivity contribution in [2.45, 2.75) is 25.8 Å². The normalized spacial score (nSPS) is 14.4. The summed E-state index contributed by atoms with van der Waals surface area (Å²) in [5.41, 5.74) is 11.4. The first-order chi connectivity index (χ1) is 8.54. The lowest BCUT2D eigenvalue weighted by Crippen LogP contribution is -2.56. The molecule has 4 heteroatoms. The Hall–Kier alpha value is -1.39. The molecule has 0 spiro atoms. The van der Waals surface area contributed by atoms with Gasteiger partial charge in [-0.2, -0.15) is 0 Å². The van der Waals surface area contributed by atoms with E-state index in [9.17, 15) is 4.79 Å². The van der Waals surface area contributed by atoms with Gasteiger partial charge in [0, 0.05) is 6.54 Å². The number of rotatable bonds is 7. The van der Waals surface area contributed by atoms with E-state index in [4.69, 9.17) is 11.5 Å². The molecule has 0 aliphatic heterocycles. The monoisotopic (exact) mass is 249 g/mol. The Morgan fingerprint density at radius 2 is 1.89 bits per heavy atom. The van der Waals surface area contributed by atoms with Crippen molar-refractivity contribution in [1.29, 1.82) is 0 Å². The molecule has 4 nitrogen and oxygen atoms in total. The number of carbonyl (C=O) groups is 1. The summed E-state index contributed by atoms with van der Waals surface area (Å²) in [5, 5.41) is 0. The highest BCUT2D eigenvalue weighted by Crippen LogP contribution is 2.19. The Balaban J connectivity index is 2.97. The molecule has 0 bridgehead atoms. The molecule has 1 unspecified atom stereocenters. The van der Waals surface area contributed by atoms with Crippen molar-refractivity contribution in [2.75, 3.05) is 19.6 Å². The molecule has 0 heterocycles. The minimum Gasteiger partial charge on any atom is -0.368 e. The van der Waals surface area contributed by atoms with E-state index in [1.807, 2.05) is 30.3 Å². The summed E-state index contributed by atoms with van der Waals surface area (Å²) in [6.07, 6.45) is 1.03. The molecule has 0 fully saturated rings. The van der Waals surface area contributed by atoms with E-state index in [0.29, 0.717) is 6.54 Å². The third-order valence-electron chi connectivity index (χ3n) is 3.19. The molecule has 1 aromatic carbocycles. The standard InChI is InChI=1S/C14H23N3O/c1-3-10-17(4-2)11-14(16,13(15)18)12-8-6-5-7-9-12/h5-9H,3-4,10-11,16H2,1-2H3,(H2,15,18). The highest BCUT2D eigenvalue weighted by molar-refractivity contribution is 5.86. The summed E-state index contributed by atoms with van der Waals surface area (Å²) in [4.78, 5) is 13.9. The second-order valence-corrected chi connectivity index (χ2v) is 4.57. The van der Waals surface area contributed by atoms with Gasteiger partial charge >= 0.3 is 0 Å². The summed E-state index contributed by atoms with van der Waals surface area (Å²) < 4.78 is 0. The highest BCUT2D eigenvalue weighted by Gasteiger charge is 2.35. The van der Waals surface area contributed by atoms with E-state index < -0.39 is 11.4 Å². The number of benzene rings is 1. The van der Waals surface area contributed by atoms with Crippen molar-refractivity contribution in [2.24, 2.45) is 11.5 Å². The molecule has 0 saturated carbocycles. The predicted octanol–water partition coefficient (Wildman–Crippen LogP) is 1.06. The van der Waals surface area contributed by atoms with Crippen molar-refractivity contribution in [3.8, 4) is 0 Å². The first-order valence-corrected chi connectivity index (χ1v) is 6.41. The van der Waals surface area contributed by atoms with Crippen molar-refractivity contribution in [3.63, 3.8) is 0 Å². The maximum atomic E-state index is 11.7.